The average molecular weight is 258 g/mol. The van der Waals surface area contributed by atoms with E-state index in [2.05, 4.69) is 0 Å². The quantitative estimate of drug-likeness (QED) is 0.735. The second-order valence-corrected chi connectivity index (χ2v) is 6.01. The van der Waals surface area contributed by atoms with Crippen molar-refractivity contribution in [3.63, 3.8) is 0 Å². The minimum absolute atomic E-state index is 0.0479. The number of aliphatic carboxylic acids is 2. The monoisotopic (exact) mass is 258 g/mol. The van der Waals surface area contributed by atoms with Crippen LogP contribution in [0.1, 0.15) is 53.9 Å². The van der Waals surface area contributed by atoms with Gasteiger partial charge in [0.2, 0.25) is 0 Å². The van der Waals surface area contributed by atoms with Crippen molar-refractivity contribution in [2.75, 3.05) is 0 Å². The van der Waals surface area contributed by atoms with Crippen molar-refractivity contribution in [1.29, 1.82) is 0 Å². The molecule has 2 unspecified atom stereocenters. The van der Waals surface area contributed by atoms with E-state index in [1.807, 2.05) is 34.6 Å². The molecule has 0 aromatic rings. The first-order valence-corrected chi connectivity index (χ1v) is 6.60. The summed E-state index contributed by atoms with van der Waals surface area (Å²) in [6.07, 6.45) is 1.74. The van der Waals surface area contributed by atoms with E-state index < -0.39 is 29.2 Å². The molecule has 2 N–H and O–H groups in total. The van der Waals surface area contributed by atoms with E-state index in [4.69, 9.17) is 0 Å². The topological polar surface area (TPSA) is 74.6 Å². The third-order valence-electron chi connectivity index (χ3n) is 3.77. The lowest BCUT2D eigenvalue weighted by molar-refractivity contribution is -0.150. The predicted molar refractivity (Wildman–Crippen MR) is 70.4 cm³/mol. The molecule has 18 heavy (non-hydrogen) atoms. The van der Waals surface area contributed by atoms with Crippen molar-refractivity contribution in [3.05, 3.63) is 0 Å². The molecule has 0 bridgehead atoms. The highest BCUT2D eigenvalue weighted by Gasteiger charge is 2.37. The van der Waals surface area contributed by atoms with Gasteiger partial charge in [-0.25, -0.2) is 0 Å². The van der Waals surface area contributed by atoms with Crippen LogP contribution < -0.4 is 0 Å². The second-order valence-electron chi connectivity index (χ2n) is 6.01. The van der Waals surface area contributed by atoms with Crippen molar-refractivity contribution in [2.24, 2.45) is 23.2 Å². The van der Waals surface area contributed by atoms with Crippen molar-refractivity contribution in [3.8, 4) is 0 Å². The number of hydrogen-bond acceptors (Lipinski definition) is 2. The van der Waals surface area contributed by atoms with Gasteiger partial charge in [0.05, 0.1) is 11.8 Å². The molecule has 0 aliphatic carbocycles. The Morgan fingerprint density at radius 1 is 1.00 bits per heavy atom. The van der Waals surface area contributed by atoms with Gasteiger partial charge in [0.1, 0.15) is 0 Å². The molecule has 0 spiro atoms. The fourth-order valence-corrected chi connectivity index (χ4v) is 2.43. The smallest absolute Gasteiger partial charge is 0.307 e. The Bertz CT molecular complexity index is 287. The SMILES string of the molecule is CCC(CC)C(CC(C(=O)O)C(C)(C)C)C(=O)O. The number of carboxylic acid groups (broad SMARTS) is 2. The van der Waals surface area contributed by atoms with Gasteiger partial charge < -0.3 is 10.2 Å². The van der Waals surface area contributed by atoms with Crippen LogP contribution in [0.5, 0.6) is 0 Å². The van der Waals surface area contributed by atoms with Crippen LogP contribution in [0.2, 0.25) is 0 Å². The number of carboxylic acids is 2. The van der Waals surface area contributed by atoms with Gasteiger partial charge >= 0.3 is 11.9 Å². The van der Waals surface area contributed by atoms with E-state index in [-0.39, 0.29) is 12.3 Å². The average Bonchev–Trinajstić information content (AvgIpc) is 2.21. The standard InChI is InChI=1S/C14H26O4/c1-6-9(7-2)10(12(15)16)8-11(13(17)18)14(3,4)5/h9-11H,6-8H2,1-5H3,(H,15,16)(H,17,18). The Morgan fingerprint density at radius 3 is 1.67 bits per heavy atom. The summed E-state index contributed by atoms with van der Waals surface area (Å²) in [5.74, 6) is -2.93. The fourth-order valence-electron chi connectivity index (χ4n) is 2.43. The molecule has 0 aromatic carbocycles. The molecule has 4 heteroatoms. The van der Waals surface area contributed by atoms with Crippen LogP contribution in [0, 0.1) is 23.2 Å². The summed E-state index contributed by atoms with van der Waals surface area (Å²) in [6, 6.07) is 0. The first-order chi connectivity index (χ1) is 8.15. The van der Waals surface area contributed by atoms with E-state index in [9.17, 15) is 19.8 Å². The zero-order valence-electron chi connectivity index (χ0n) is 12.1. The van der Waals surface area contributed by atoms with Gasteiger partial charge in [-0.15, -0.1) is 0 Å². The molecule has 0 fully saturated rings. The Balaban J connectivity index is 5.06. The molecule has 4 nitrogen and oxygen atoms in total. The van der Waals surface area contributed by atoms with E-state index in [0.717, 1.165) is 12.8 Å². The Kier molecular flexibility index (Phi) is 6.36. The van der Waals surface area contributed by atoms with Gasteiger partial charge in [-0.2, -0.15) is 0 Å². The second kappa shape index (κ2) is 6.76. The molecular formula is C14H26O4. The van der Waals surface area contributed by atoms with Gasteiger partial charge in [0.15, 0.2) is 0 Å². The minimum atomic E-state index is -0.903. The van der Waals surface area contributed by atoms with Crippen LogP contribution in [0.25, 0.3) is 0 Å². The van der Waals surface area contributed by atoms with Crippen LogP contribution in [0.3, 0.4) is 0 Å². The largest absolute Gasteiger partial charge is 0.481 e. The summed E-state index contributed by atoms with van der Waals surface area (Å²) in [4.78, 5) is 22.7. The Labute approximate surface area is 109 Å². The molecular weight excluding hydrogens is 232 g/mol. The summed E-state index contributed by atoms with van der Waals surface area (Å²) >= 11 is 0. The molecule has 0 aromatic heterocycles. The molecule has 0 rings (SSSR count). The molecule has 0 radical (unpaired) electrons. The van der Waals surface area contributed by atoms with Crippen molar-refractivity contribution < 1.29 is 19.8 Å². The van der Waals surface area contributed by atoms with Crippen LogP contribution in [-0.4, -0.2) is 22.2 Å². The third kappa shape index (κ3) is 4.67. The van der Waals surface area contributed by atoms with Gasteiger partial charge in [-0.05, 0) is 17.8 Å². The van der Waals surface area contributed by atoms with Crippen LogP contribution in [0.15, 0.2) is 0 Å². The maximum atomic E-state index is 11.4. The molecule has 0 amide bonds. The fraction of sp³-hybridized carbons (Fsp3) is 0.857. The summed E-state index contributed by atoms with van der Waals surface area (Å²) in [5, 5.41) is 18.6. The highest BCUT2D eigenvalue weighted by molar-refractivity contribution is 5.74. The molecule has 106 valence electrons. The summed E-state index contributed by atoms with van der Waals surface area (Å²) in [5.41, 5.74) is -0.425. The van der Waals surface area contributed by atoms with Gasteiger partial charge in [0.25, 0.3) is 0 Å². The Hall–Kier alpha value is -1.06. The first kappa shape index (κ1) is 16.9. The normalized spacial score (nSPS) is 15.4. The van der Waals surface area contributed by atoms with E-state index in [0.29, 0.717) is 0 Å². The van der Waals surface area contributed by atoms with Gasteiger partial charge in [-0.1, -0.05) is 47.5 Å². The van der Waals surface area contributed by atoms with Crippen LogP contribution >= 0.6 is 0 Å². The highest BCUT2D eigenvalue weighted by atomic mass is 16.4. The number of rotatable bonds is 7. The van der Waals surface area contributed by atoms with E-state index >= 15 is 0 Å². The van der Waals surface area contributed by atoms with Gasteiger partial charge in [-0.3, -0.25) is 9.59 Å². The van der Waals surface area contributed by atoms with E-state index in [1.54, 1.807) is 0 Å². The van der Waals surface area contributed by atoms with Crippen LogP contribution in [0.4, 0.5) is 0 Å². The number of hydrogen-bond donors (Lipinski definition) is 2. The summed E-state index contributed by atoms with van der Waals surface area (Å²) < 4.78 is 0. The maximum absolute atomic E-state index is 11.4. The first-order valence-electron chi connectivity index (χ1n) is 6.60. The van der Waals surface area contributed by atoms with Gasteiger partial charge in [0, 0.05) is 0 Å². The van der Waals surface area contributed by atoms with E-state index in [1.165, 1.54) is 0 Å². The predicted octanol–water partition coefficient (Wildman–Crippen LogP) is 3.26. The molecule has 0 saturated carbocycles. The maximum Gasteiger partial charge on any atom is 0.307 e. The molecule has 0 aliphatic heterocycles. The molecule has 2 atom stereocenters. The lowest BCUT2D eigenvalue weighted by Crippen LogP contribution is -2.35. The zero-order valence-corrected chi connectivity index (χ0v) is 12.1. The molecule has 0 aliphatic rings. The Morgan fingerprint density at radius 2 is 1.44 bits per heavy atom. The highest BCUT2D eigenvalue weighted by Crippen LogP contribution is 2.35. The van der Waals surface area contributed by atoms with Crippen LogP contribution in [-0.2, 0) is 9.59 Å². The lowest BCUT2D eigenvalue weighted by Gasteiger charge is -2.31. The third-order valence-corrected chi connectivity index (χ3v) is 3.77. The summed E-state index contributed by atoms with van der Waals surface area (Å²) in [7, 11) is 0. The number of carbonyl (C=O) groups is 2. The molecule has 0 heterocycles. The van der Waals surface area contributed by atoms with Crippen molar-refractivity contribution in [1.82, 2.24) is 0 Å². The molecule has 0 saturated heterocycles. The van der Waals surface area contributed by atoms with Crippen molar-refractivity contribution >= 4 is 11.9 Å². The van der Waals surface area contributed by atoms with Crippen molar-refractivity contribution in [2.45, 2.75) is 53.9 Å². The summed E-state index contributed by atoms with van der Waals surface area (Å²) in [6.45, 7) is 9.45. The zero-order chi connectivity index (χ0) is 14.5. The minimum Gasteiger partial charge on any atom is -0.481 e. The lowest BCUT2D eigenvalue weighted by atomic mass is 9.72.